The number of aromatic nitrogens is 1. The summed E-state index contributed by atoms with van der Waals surface area (Å²) < 4.78 is 5.59. The number of oxazole rings is 1. The van der Waals surface area contributed by atoms with Gasteiger partial charge in [-0.2, -0.15) is 0 Å². The van der Waals surface area contributed by atoms with Crippen molar-refractivity contribution in [1.29, 1.82) is 0 Å². The van der Waals surface area contributed by atoms with E-state index in [-0.39, 0.29) is 5.91 Å². The Labute approximate surface area is 176 Å². The maximum Gasteiger partial charge on any atom is 0.251 e. The number of hydrogen-bond donors (Lipinski definition) is 3. The predicted molar refractivity (Wildman–Crippen MR) is 118 cm³/mol. The zero-order valence-corrected chi connectivity index (χ0v) is 17.5. The number of rotatable bonds is 7. The molecule has 0 unspecified atom stereocenters. The van der Waals surface area contributed by atoms with Crippen LogP contribution < -0.4 is 16.0 Å². The lowest BCUT2D eigenvalue weighted by molar-refractivity contribution is 0.0956. The second-order valence-electron chi connectivity index (χ2n) is 6.85. The van der Waals surface area contributed by atoms with Crippen molar-refractivity contribution in [3.63, 3.8) is 0 Å². The molecule has 0 saturated heterocycles. The SMILES string of the molecule is CCNC(=O)c1ccc(CNC(=NC)NCc2coc(-c3ccc(C)cc3)n2)cc1. The predicted octanol–water partition coefficient (Wildman–Crippen LogP) is 3.26. The van der Waals surface area contributed by atoms with Crippen LogP contribution in [-0.4, -0.2) is 30.4 Å². The quantitative estimate of drug-likeness (QED) is 0.415. The topological polar surface area (TPSA) is 91.5 Å². The molecular formula is C23H27N5O2. The fourth-order valence-electron chi connectivity index (χ4n) is 2.83. The maximum absolute atomic E-state index is 11.8. The first-order valence-electron chi connectivity index (χ1n) is 9.92. The van der Waals surface area contributed by atoms with E-state index in [0.29, 0.717) is 37.0 Å². The van der Waals surface area contributed by atoms with Crippen LogP contribution in [0, 0.1) is 6.92 Å². The molecule has 1 aromatic heterocycles. The van der Waals surface area contributed by atoms with Gasteiger partial charge in [0.25, 0.3) is 5.91 Å². The minimum Gasteiger partial charge on any atom is -0.444 e. The van der Waals surface area contributed by atoms with E-state index in [2.05, 4.69) is 25.9 Å². The van der Waals surface area contributed by atoms with Crippen molar-refractivity contribution >= 4 is 11.9 Å². The minimum atomic E-state index is -0.0629. The number of nitrogens with one attached hydrogen (secondary N) is 3. The fraction of sp³-hybridized carbons (Fsp3) is 0.261. The van der Waals surface area contributed by atoms with Crippen molar-refractivity contribution < 1.29 is 9.21 Å². The van der Waals surface area contributed by atoms with Crippen LogP contribution in [0.5, 0.6) is 0 Å². The van der Waals surface area contributed by atoms with Gasteiger partial charge in [-0.3, -0.25) is 9.79 Å². The molecule has 0 aliphatic heterocycles. The van der Waals surface area contributed by atoms with Crippen LogP contribution in [0.3, 0.4) is 0 Å². The largest absolute Gasteiger partial charge is 0.444 e. The molecule has 3 aromatic rings. The van der Waals surface area contributed by atoms with Gasteiger partial charge in [0.1, 0.15) is 6.26 Å². The Morgan fingerprint density at radius 1 is 1.00 bits per heavy atom. The second kappa shape index (κ2) is 10.2. The van der Waals surface area contributed by atoms with Gasteiger partial charge < -0.3 is 20.4 Å². The lowest BCUT2D eigenvalue weighted by atomic mass is 10.1. The van der Waals surface area contributed by atoms with Crippen molar-refractivity contribution in [1.82, 2.24) is 20.9 Å². The van der Waals surface area contributed by atoms with Gasteiger partial charge in [0.05, 0.1) is 12.2 Å². The lowest BCUT2D eigenvalue weighted by Gasteiger charge is -2.11. The third kappa shape index (κ3) is 5.70. The molecule has 3 rings (SSSR count). The molecule has 3 N–H and O–H groups in total. The molecule has 0 spiro atoms. The first-order chi connectivity index (χ1) is 14.6. The molecule has 0 aliphatic carbocycles. The van der Waals surface area contributed by atoms with Gasteiger partial charge in [0.15, 0.2) is 5.96 Å². The highest BCUT2D eigenvalue weighted by Crippen LogP contribution is 2.19. The Kier molecular flexibility index (Phi) is 7.21. The summed E-state index contributed by atoms with van der Waals surface area (Å²) in [5, 5.41) is 9.27. The second-order valence-corrected chi connectivity index (χ2v) is 6.85. The number of carbonyl (C=O) groups excluding carboxylic acids is 1. The Hall–Kier alpha value is -3.61. The number of hydrogen-bond acceptors (Lipinski definition) is 4. The number of aliphatic imine (C=N–C) groups is 1. The number of guanidine groups is 1. The van der Waals surface area contributed by atoms with Crippen molar-refractivity contribution in [3.8, 4) is 11.5 Å². The lowest BCUT2D eigenvalue weighted by Crippen LogP contribution is -2.36. The molecule has 1 heterocycles. The molecule has 2 aromatic carbocycles. The van der Waals surface area contributed by atoms with Gasteiger partial charge in [0.2, 0.25) is 5.89 Å². The van der Waals surface area contributed by atoms with Gasteiger partial charge in [-0.15, -0.1) is 0 Å². The van der Waals surface area contributed by atoms with E-state index in [0.717, 1.165) is 16.8 Å². The van der Waals surface area contributed by atoms with E-state index >= 15 is 0 Å². The summed E-state index contributed by atoms with van der Waals surface area (Å²) in [6.45, 7) is 5.64. The molecular weight excluding hydrogens is 378 g/mol. The molecule has 30 heavy (non-hydrogen) atoms. The summed E-state index contributed by atoms with van der Waals surface area (Å²) in [6.07, 6.45) is 1.65. The first-order valence-corrected chi connectivity index (χ1v) is 9.92. The van der Waals surface area contributed by atoms with Gasteiger partial charge in [0, 0.05) is 31.3 Å². The van der Waals surface area contributed by atoms with E-state index in [1.807, 2.05) is 62.4 Å². The van der Waals surface area contributed by atoms with Gasteiger partial charge in [-0.25, -0.2) is 4.98 Å². The average Bonchev–Trinajstić information content (AvgIpc) is 3.24. The molecule has 0 fully saturated rings. The summed E-state index contributed by atoms with van der Waals surface area (Å²) in [7, 11) is 1.72. The summed E-state index contributed by atoms with van der Waals surface area (Å²) in [6, 6.07) is 15.6. The van der Waals surface area contributed by atoms with Crippen molar-refractivity contribution in [2.45, 2.75) is 26.9 Å². The highest BCUT2D eigenvalue weighted by molar-refractivity contribution is 5.94. The number of nitrogens with zero attached hydrogens (tertiary/aromatic N) is 2. The molecule has 0 atom stereocenters. The highest BCUT2D eigenvalue weighted by Gasteiger charge is 2.08. The van der Waals surface area contributed by atoms with E-state index in [9.17, 15) is 4.79 Å². The van der Waals surface area contributed by atoms with Crippen LogP contribution in [0.2, 0.25) is 0 Å². The molecule has 7 nitrogen and oxygen atoms in total. The summed E-state index contributed by atoms with van der Waals surface area (Å²) >= 11 is 0. The van der Waals surface area contributed by atoms with Crippen LogP contribution in [0.15, 0.2) is 64.2 Å². The van der Waals surface area contributed by atoms with Crippen LogP contribution in [0.1, 0.15) is 34.1 Å². The molecule has 0 saturated carbocycles. The fourth-order valence-corrected chi connectivity index (χ4v) is 2.83. The van der Waals surface area contributed by atoms with E-state index < -0.39 is 0 Å². The third-order valence-corrected chi connectivity index (χ3v) is 4.52. The van der Waals surface area contributed by atoms with Crippen LogP contribution >= 0.6 is 0 Å². The Bertz CT molecular complexity index is 991. The zero-order valence-electron chi connectivity index (χ0n) is 17.5. The smallest absolute Gasteiger partial charge is 0.251 e. The van der Waals surface area contributed by atoms with Crippen molar-refractivity contribution in [2.24, 2.45) is 4.99 Å². The maximum atomic E-state index is 11.8. The summed E-state index contributed by atoms with van der Waals surface area (Å²) in [4.78, 5) is 20.6. The molecule has 7 heteroatoms. The number of amides is 1. The monoisotopic (exact) mass is 405 g/mol. The molecule has 156 valence electrons. The normalized spacial score (nSPS) is 11.2. The van der Waals surface area contributed by atoms with Crippen molar-refractivity contribution in [2.75, 3.05) is 13.6 Å². The van der Waals surface area contributed by atoms with E-state index in [4.69, 9.17) is 4.42 Å². The summed E-state index contributed by atoms with van der Waals surface area (Å²) in [5.41, 5.74) is 4.64. The molecule has 0 bridgehead atoms. The van der Waals surface area contributed by atoms with Crippen LogP contribution in [0.25, 0.3) is 11.5 Å². The Morgan fingerprint density at radius 3 is 2.37 bits per heavy atom. The average molecular weight is 406 g/mol. The Morgan fingerprint density at radius 2 is 1.70 bits per heavy atom. The van der Waals surface area contributed by atoms with Gasteiger partial charge >= 0.3 is 0 Å². The Balaban J connectivity index is 1.50. The standard InChI is InChI=1S/C23H27N5O2/c1-4-25-21(29)18-11-7-17(8-12-18)13-26-23(24-3)27-14-20-15-30-22(28-20)19-9-5-16(2)6-10-19/h5-12,15H,4,13-14H2,1-3H3,(H,25,29)(H2,24,26,27). The number of carbonyl (C=O) groups is 1. The van der Waals surface area contributed by atoms with Gasteiger partial charge in [-0.1, -0.05) is 29.8 Å². The molecule has 1 amide bonds. The van der Waals surface area contributed by atoms with Crippen LogP contribution in [-0.2, 0) is 13.1 Å². The highest BCUT2D eigenvalue weighted by atomic mass is 16.3. The molecule has 0 radical (unpaired) electrons. The number of benzene rings is 2. The van der Waals surface area contributed by atoms with Gasteiger partial charge in [-0.05, 0) is 43.7 Å². The molecule has 0 aliphatic rings. The van der Waals surface area contributed by atoms with E-state index in [1.165, 1.54) is 5.56 Å². The minimum absolute atomic E-state index is 0.0629. The van der Waals surface area contributed by atoms with E-state index in [1.54, 1.807) is 13.3 Å². The number of aryl methyl sites for hydroxylation is 1. The van der Waals surface area contributed by atoms with Crippen LogP contribution in [0.4, 0.5) is 0 Å². The zero-order chi connectivity index (χ0) is 21.3. The van der Waals surface area contributed by atoms with Crippen molar-refractivity contribution in [3.05, 3.63) is 77.2 Å². The third-order valence-electron chi connectivity index (χ3n) is 4.52. The summed E-state index contributed by atoms with van der Waals surface area (Å²) in [5.74, 6) is 1.19. The first kappa shape index (κ1) is 21.1.